The van der Waals surface area contributed by atoms with Crippen LogP contribution in [0, 0.1) is 20.8 Å². The minimum atomic E-state index is -0.300. The second kappa shape index (κ2) is 6.82. The zero-order valence-corrected chi connectivity index (χ0v) is 20.9. The molecule has 2 nitrogen and oxygen atoms in total. The van der Waals surface area contributed by atoms with Gasteiger partial charge >= 0.3 is 12.4 Å². The normalized spacial score (nSPS) is 17.8. The number of nitrogens with zero attached hydrogens (tertiary/aromatic N) is 2. The van der Waals surface area contributed by atoms with Gasteiger partial charge in [-0.15, -0.1) is 9.13 Å². The van der Waals surface area contributed by atoms with E-state index < -0.39 is 0 Å². The van der Waals surface area contributed by atoms with E-state index in [1.807, 2.05) is 0 Å². The van der Waals surface area contributed by atoms with Gasteiger partial charge in [-0.05, 0) is 62.1 Å². The van der Waals surface area contributed by atoms with Crippen LogP contribution in [0.2, 0.25) is 0 Å². The van der Waals surface area contributed by atoms with Crippen LogP contribution in [-0.2, 0) is 12.1 Å². The largest absolute Gasteiger partial charge is 0.407 e. The molecule has 0 radical (unpaired) electrons. The number of rotatable bonds is 1. The van der Waals surface area contributed by atoms with Gasteiger partial charge in [-0.3, -0.25) is 0 Å². The van der Waals surface area contributed by atoms with Gasteiger partial charge < -0.3 is 0 Å². The fourth-order valence-corrected chi connectivity index (χ4v) is 7.68. The molecule has 0 amide bonds. The molecule has 8 rings (SSSR count). The second-order valence-corrected chi connectivity index (χ2v) is 10.8. The van der Waals surface area contributed by atoms with E-state index >= 15 is 0 Å². The Morgan fingerprint density at radius 1 is 0.639 bits per heavy atom. The highest BCUT2D eigenvalue weighted by molar-refractivity contribution is 6.94. The molecule has 0 N–H and O–H groups in total. The van der Waals surface area contributed by atoms with Crippen LogP contribution in [0.25, 0.3) is 22.5 Å². The van der Waals surface area contributed by atoms with Gasteiger partial charge in [0.15, 0.2) is 11.2 Å². The molecule has 0 saturated carbocycles. The summed E-state index contributed by atoms with van der Waals surface area (Å²) in [6.07, 6.45) is 0.947. The average molecular weight is 462 g/mol. The van der Waals surface area contributed by atoms with Gasteiger partial charge in [0.1, 0.15) is 12.0 Å². The number of aryl methyl sites for hydroxylation is 3. The van der Waals surface area contributed by atoms with Crippen molar-refractivity contribution in [2.24, 2.45) is 0 Å². The molecule has 0 fully saturated rings. The van der Waals surface area contributed by atoms with Gasteiger partial charge in [-0.25, -0.2) is 0 Å². The van der Waals surface area contributed by atoms with Crippen molar-refractivity contribution < 1.29 is 9.13 Å². The van der Waals surface area contributed by atoms with E-state index in [2.05, 4.69) is 127 Å². The Morgan fingerprint density at radius 3 is 1.92 bits per heavy atom. The maximum atomic E-state index is 2.70. The fraction of sp³-hybridized carbons (Fsp3) is 0.152. The van der Waals surface area contributed by atoms with Crippen molar-refractivity contribution in [3.05, 3.63) is 125 Å². The Morgan fingerprint density at radius 2 is 1.22 bits per heavy atom. The minimum absolute atomic E-state index is 0.165. The van der Waals surface area contributed by atoms with Gasteiger partial charge in [0, 0.05) is 12.1 Å². The molecule has 5 heterocycles. The first-order valence-corrected chi connectivity index (χ1v) is 13.0. The van der Waals surface area contributed by atoms with Crippen LogP contribution in [0.3, 0.4) is 0 Å². The monoisotopic (exact) mass is 462 g/mol. The van der Waals surface area contributed by atoms with Crippen molar-refractivity contribution in [3.8, 4) is 22.5 Å². The van der Waals surface area contributed by atoms with Crippen molar-refractivity contribution in [2.45, 2.75) is 32.9 Å². The van der Waals surface area contributed by atoms with Gasteiger partial charge in [0.2, 0.25) is 11.4 Å². The lowest BCUT2D eigenvalue weighted by atomic mass is 9.37. The molecule has 3 aliphatic heterocycles. The summed E-state index contributed by atoms with van der Waals surface area (Å²) in [5.41, 5.74) is 16.1. The molecule has 36 heavy (non-hydrogen) atoms. The van der Waals surface area contributed by atoms with Crippen LogP contribution in [-0.4, -0.2) is 6.71 Å². The zero-order valence-electron chi connectivity index (χ0n) is 20.9. The van der Waals surface area contributed by atoms with Gasteiger partial charge in [-0.1, -0.05) is 71.3 Å². The predicted molar refractivity (Wildman–Crippen MR) is 146 cm³/mol. The number of pyridine rings is 2. The summed E-state index contributed by atoms with van der Waals surface area (Å²) in [5.74, 6) is 0. The molecule has 0 aliphatic carbocycles. The van der Waals surface area contributed by atoms with Crippen molar-refractivity contribution in [1.29, 1.82) is 0 Å². The molecule has 0 bridgehead atoms. The summed E-state index contributed by atoms with van der Waals surface area (Å²) in [6.45, 7) is 6.94. The third-order valence-electron chi connectivity index (χ3n) is 8.76. The topological polar surface area (TPSA) is 7.76 Å². The van der Waals surface area contributed by atoms with Crippen LogP contribution in [0.4, 0.5) is 0 Å². The molecule has 2 aromatic heterocycles. The summed E-state index contributed by atoms with van der Waals surface area (Å²) in [7, 11) is 0. The van der Waals surface area contributed by atoms with E-state index in [0.29, 0.717) is 0 Å². The molecule has 5 aromatic rings. The van der Waals surface area contributed by atoms with Crippen LogP contribution < -0.4 is 25.8 Å². The summed E-state index contributed by atoms with van der Waals surface area (Å²) in [6, 6.07) is 36.7. The summed E-state index contributed by atoms with van der Waals surface area (Å²) in [4.78, 5) is 0. The minimum Gasteiger partial charge on any atom is -0.136 e. The molecule has 3 aromatic carbocycles. The Balaban J connectivity index is 1.59. The quantitative estimate of drug-likeness (QED) is 0.266. The molecule has 1 spiro atoms. The highest BCUT2D eigenvalue weighted by Gasteiger charge is 2.68. The van der Waals surface area contributed by atoms with Crippen LogP contribution in [0.1, 0.15) is 27.8 Å². The Kier molecular flexibility index (Phi) is 3.84. The summed E-state index contributed by atoms with van der Waals surface area (Å²) < 4.78 is 5.38. The van der Waals surface area contributed by atoms with Crippen molar-refractivity contribution in [2.75, 3.05) is 0 Å². The Hall–Kier alpha value is -3.98. The van der Waals surface area contributed by atoms with Crippen LogP contribution >= 0.6 is 0 Å². The maximum absolute atomic E-state index is 2.70. The molecule has 3 heteroatoms. The third-order valence-corrected chi connectivity index (χ3v) is 8.76. The van der Waals surface area contributed by atoms with E-state index in [0.717, 1.165) is 6.42 Å². The maximum Gasteiger partial charge on any atom is 0.407 e. The van der Waals surface area contributed by atoms with Gasteiger partial charge in [0.25, 0.3) is 0 Å². The van der Waals surface area contributed by atoms with Crippen molar-refractivity contribution in [3.63, 3.8) is 0 Å². The average Bonchev–Trinajstić information content (AvgIpc) is 3.16. The Bertz CT molecular complexity index is 1750. The molecule has 170 valence electrons. The highest BCUT2D eigenvalue weighted by Crippen LogP contribution is 2.42. The molecular formula is C33H27BN2+2. The van der Waals surface area contributed by atoms with E-state index in [1.165, 1.54) is 67.0 Å². The number of aromatic nitrogens is 2. The van der Waals surface area contributed by atoms with E-state index in [9.17, 15) is 0 Å². The van der Waals surface area contributed by atoms with E-state index in [1.54, 1.807) is 0 Å². The molecule has 0 saturated heterocycles. The third kappa shape index (κ3) is 2.29. The summed E-state index contributed by atoms with van der Waals surface area (Å²) in [5, 5.41) is 0. The van der Waals surface area contributed by atoms with Crippen LogP contribution in [0.5, 0.6) is 0 Å². The lowest BCUT2D eigenvalue weighted by molar-refractivity contribution is -0.961. The lowest BCUT2D eigenvalue weighted by Crippen LogP contribution is -2.92. The Labute approximate surface area is 212 Å². The first kappa shape index (κ1) is 20.2. The second-order valence-electron chi connectivity index (χ2n) is 10.8. The first-order valence-electron chi connectivity index (χ1n) is 13.0. The number of hydrogen-bond donors (Lipinski definition) is 0. The smallest absolute Gasteiger partial charge is 0.136 e. The zero-order chi connectivity index (χ0) is 24.2. The molecule has 1 unspecified atom stereocenters. The lowest BCUT2D eigenvalue weighted by Gasteiger charge is -2.34. The van der Waals surface area contributed by atoms with E-state index in [4.69, 9.17) is 0 Å². The number of benzene rings is 3. The summed E-state index contributed by atoms with van der Waals surface area (Å²) >= 11 is 0. The van der Waals surface area contributed by atoms with Crippen molar-refractivity contribution in [1.82, 2.24) is 0 Å². The van der Waals surface area contributed by atoms with Gasteiger partial charge in [-0.2, -0.15) is 0 Å². The SMILES string of the molecule is Cc1cc(C)c(B2c3cccc4[n+]3C3(Cc5ccccc5-4)c4ccccc4-c4cccc2[n+]43)c(C)c1. The van der Waals surface area contributed by atoms with Crippen LogP contribution in [0.15, 0.2) is 97.1 Å². The van der Waals surface area contributed by atoms with Gasteiger partial charge in [0.05, 0.1) is 11.1 Å². The molecule has 1 atom stereocenters. The predicted octanol–water partition coefficient (Wildman–Crippen LogP) is 3.47. The molecule has 3 aliphatic rings. The molecular weight excluding hydrogens is 435 g/mol. The van der Waals surface area contributed by atoms with E-state index in [-0.39, 0.29) is 12.4 Å². The van der Waals surface area contributed by atoms with Crippen molar-refractivity contribution >= 4 is 23.4 Å². The number of hydrogen-bond acceptors (Lipinski definition) is 0. The standard InChI is InChI=1S/C33H27BN2/c1-21-18-22(2)32(23(3)19-21)34-30-16-8-14-28-25-11-5-4-10-24(25)20-33(35(28)30)27-13-7-6-12-26(27)29-15-9-17-31(34)36(29)33/h4-19H,20H2,1-3H3/q+2. The highest BCUT2D eigenvalue weighted by atomic mass is 15.3. The number of fused-ring (bicyclic) bond motifs is 4. The first-order chi connectivity index (χ1) is 17.6. The fourth-order valence-electron chi connectivity index (χ4n) is 7.68.